The number of thiocarbonyl (C=S) groups is 1. The van der Waals surface area contributed by atoms with Crippen molar-refractivity contribution in [2.75, 3.05) is 12.4 Å². The average Bonchev–Trinajstić information content (AvgIpc) is 2.20. The van der Waals surface area contributed by atoms with Gasteiger partial charge >= 0.3 is 0 Å². The molecule has 0 saturated heterocycles. The molecule has 1 aromatic rings. The molecule has 0 bridgehead atoms. The number of para-hydroxylation sites is 1. The first-order valence-corrected chi connectivity index (χ1v) is 5.10. The molecule has 80 valence electrons. The van der Waals surface area contributed by atoms with Gasteiger partial charge in [-0.25, -0.2) is 0 Å². The topological polar surface area (TPSA) is 41.1 Å². The molecule has 15 heavy (non-hydrogen) atoms. The van der Waals surface area contributed by atoms with Crippen LogP contribution < -0.4 is 10.6 Å². The first-order chi connectivity index (χ1) is 7.13. The summed E-state index contributed by atoms with van der Waals surface area (Å²) in [5.74, 6) is 0.139. The number of nitrogens with one attached hydrogen (secondary N) is 2. The first-order valence-electron chi connectivity index (χ1n) is 4.69. The van der Waals surface area contributed by atoms with Gasteiger partial charge in [-0.1, -0.05) is 18.2 Å². The molecule has 0 radical (unpaired) electrons. The number of anilines is 1. The van der Waals surface area contributed by atoms with Crippen LogP contribution in [0.2, 0.25) is 0 Å². The SMILES string of the molecule is CNC(=S)Nc1ccccc1CC(C)=O. The van der Waals surface area contributed by atoms with Gasteiger partial charge in [0.2, 0.25) is 0 Å². The predicted molar refractivity (Wildman–Crippen MR) is 66.1 cm³/mol. The Labute approximate surface area is 94.9 Å². The van der Waals surface area contributed by atoms with E-state index in [9.17, 15) is 4.79 Å². The lowest BCUT2D eigenvalue weighted by atomic mass is 10.1. The van der Waals surface area contributed by atoms with Gasteiger partial charge in [0.05, 0.1) is 0 Å². The molecule has 0 atom stereocenters. The fourth-order valence-electron chi connectivity index (χ4n) is 1.25. The molecule has 0 fully saturated rings. The van der Waals surface area contributed by atoms with Gasteiger partial charge in [-0.2, -0.15) is 0 Å². The smallest absolute Gasteiger partial charge is 0.170 e. The fourth-order valence-corrected chi connectivity index (χ4v) is 1.36. The first kappa shape index (κ1) is 11.7. The molecule has 0 aromatic heterocycles. The highest BCUT2D eigenvalue weighted by molar-refractivity contribution is 7.80. The van der Waals surface area contributed by atoms with E-state index in [1.165, 1.54) is 0 Å². The van der Waals surface area contributed by atoms with Crippen molar-refractivity contribution in [3.05, 3.63) is 29.8 Å². The number of carbonyl (C=O) groups excluding carboxylic acids is 1. The number of ketones is 1. The molecule has 3 nitrogen and oxygen atoms in total. The normalized spacial score (nSPS) is 9.47. The molecule has 0 spiro atoms. The van der Waals surface area contributed by atoms with Crippen LogP contribution in [0.15, 0.2) is 24.3 Å². The zero-order valence-electron chi connectivity index (χ0n) is 8.83. The van der Waals surface area contributed by atoms with Gasteiger partial charge in [0.1, 0.15) is 5.78 Å². The summed E-state index contributed by atoms with van der Waals surface area (Å²) < 4.78 is 0. The van der Waals surface area contributed by atoms with Crippen LogP contribution in [0, 0.1) is 0 Å². The number of hydrogen-bond acceptors (Lipinski definition) is 2. The minimum atomic E-state index is 0.139. The molecule has 0 aliphatic heterocycles. The summed E-state index contributed by atoms with van der Waals surface area (Å²) in [4.78, 5) is 11.0. The second-order valence-corrected chi connectivity index (χ2v) is 3.65. The quantitative estimate of drug-likeness (QED) is 0.764. The number of benzene rings is 1. The van der Waals surface area contributed by atoms with Crippen molar-refractivity contribution in [1.29, 1.82) is 0 Å². The molecule has 0 amide bonds. The molecule has 1 aromatic carbocycles. The highest BCUT2D eigenvalue weighted by atomic mass is 32.1. The Bertz CT molecular complexity index is 377. The molecule has 0 aliphatic carbocycles. The number of Topliss-reactive ketones (excluding diaryl/α,β-unsaturated/α-hetero) is 1. The van der Waals surface area contributed by atoms with Crippen molar-refractivity contribution in [3.63, 3.8) is 0 Å². The fraction of sp³-hybridized carbons (Fsp3) is 0.273. The molecular formula is C11H14N2OS. The van der Waals surface area contributed by atoms with Crippen molar-refractivity contribution < 1.29 is 4.79 Å². The van der Waals surface area contributed by atoms with Crippen molar-refractivity contribution in [1.82, 2.24) is 5.32 Å². The molecule has 1 rings (SSSR count). The van der Waals surface area contributed by atoms with Crippen LogP contribution in [0.3, 0.4) is 0 Å². The maximum Gasteiger partial charge on any atom is 0.170 e. The zero-order chi connectivity index (χ0) is 11.3. The van der Waals surface area contributed by atoms with E-state index in [4.69, 9.17) is 12.2 Å². The molecule has 0 saturated carbocycles. The Morgan fingerprint density at radius 1 is 1.40 bits per heavy atom. The second-order valence-electron chi connectivity index (χ2n) is 3.24. The lowest BCUT2D eigenvalue weighted by Gasteiger charge is -2.11. The average molecular weight is 222 g/mol. The summed E-state index contributed by atoms with van der Waals surface area (Å²) in [6.45, 7) is 1.58. The van der Waals surface area contributed by atoms with Gasteiger partial charge in [-0.3, -0.25) is 4.79 Å². The van der Waals surface area contributed by atoms with Gasteiger partial charge in [0, 0.05) is 19.2 Å². The molecule has 0 heterocycles. The van der Waals surface area contributed by atoms with Crippen molar-refractivity contribution >= 4 is 28.8 Å². The van der Waals surface area contributed by atoms with Crippen LogP contribution in [0.4, 0.5) is 5.69 Å². The Morgan fingerprint density at radius 3 is 2.67 bits per heavy atom. The van der Waals surface area contributed by atoms with E-state index in [-0.39, 0.29) is 5.78 Å². The maximum absolute atomic E-state index is 11.0. The molecule has 0 unspecified atom stereocenters. The summed E-state index contributed by atoms with van der Waals surface area (Å²) >= 11 is 5.00. The Hall–Kier alpha value is -1.42. The lowest BCUT2D eigenvalue weighted by molar-refractivity contribution is -0.116. The minimum absolute atomic E-state index is 0.139. The number of carbonyl (C=O) groups is 1. The van der Waals surface area contributed by atoms with E-state index >= 15 is 0 Å². The minimum Gasteiger partial charge on any atom is -0.366 e. The van der Waals surface area contributed by atoms with Gasteiger partial charge in [0.25, 0.3) is 0 Å². The number of rotatable bonds is 3. The highest BCUT2D eigenvalue weighted by Gasteiger charge is 2.04. The van der Waals surface area contributed by atoms with E-state index in [0.29, 0.717) is 11.5 Å². The van der Waals surface area contributed by atoms with Gasteiger partial charge in [-0.05, 0) is 30.8 Å². The Kier molecular flexibility index (Phi) is 4.24. The summed E-state index contributed by atoms with van der Waals surface area (Å²) in [5.41, 5.74) is 1.84. The van der Waals surface area contributed by atoms with Crippen LogP contribution in [0.1, 0.15) is 12.5 Å². The molecule has 0 aliphatic rings. The Morgan fingerprint density at radius 2 is 2.07 bits per heavy atom. The van der Waals surface area contributed by atoms with Gasteiger partial charge in [0.15, 0.2) is 5.11 Å². The monoisotopic (exact) mass is 222 g/mol. The van der Waals surface area contributed by atoms with Crippen LogP contribution in [0.25, 0.3) is 0 Å². The third-order valence-electron chi connectivity index (χ3n) is 1.93. The largest absolute Gasteiger partial charge is 0.366 e. The van der Waals surface area contributed by atoms with Crippen LogP contribution in [0.5, 0.6) is 0 Å². The van der Waals surface area contributed by atoms with E-state index in [2.05, 4.69) is 10.6 Å². The van der Waals surface area contributed by atoms with Crippen molar-refractivity contribution in [2.45, 2.75) is 13.3 Å². The predicted octanol–water partition coefficient (Wildman–Crippen LogP) is 1.73. The maximum atomic E-state index is 11.0. The lowest BCUT2D eigenvalue weighted by Crippen LogP contribution is -2.24. The van der Waals surface area contributed by atoms with Gasteiger partial charge in [-0.15, -0.1) is 0 Å². The summed E-state index contributed by atoms with van der Waals surface area (Å²) in [6.07, 6.45) is 0.426. The second kappa shape index (κ2) is 5.46. The van der Waals surface area contributed by atoms with E-state index in [1.807, 2.05) is 24.3 Å². The van der Waals surface area contributed by atoms with E-state index < -0.39 is 0 Å². The summed E-state index contributed by atoms with van der Waals surface area (Å²) in [7, 11) is 1.75. The van der Waals surface area contributed by atoms with Crippen molar-refractivity contribution in [3.8, 4) is 0 Å². The third-order valence-corrected chi connectivity index (χ3v) is 2.24. The number of hydrogen-bond donors (Lipinski definition) is 2. The summed E-state index contributed by atoms with van der Waals surface area (Å²) in [6, 6.07) is 7.64. The molecule has 4 heteroatoms. The summed E-state index contributed by atoms with van der Waals surface area (Å²) in [5, 5.41) is 6.41. The van der Waals surface area contributed by atoms with Crippen molar-refractivity contribution in [2.24, 2.45) is 0 Å². The van der Waals surface area contributed by atoms with Crippen LogP contribution >= 0.6 is 12.2 Å². The van der Waals surface area contributed by atoms with E-state index in [1.54, 1.807) is 14.0 Å². The van der Waals surface area contributed by atoms with Crippen LogP contribution in [-0.2, 0) is 11.2 Å². The third kappa shape index (κ3) is 3.67. The van der Waals surface area contributed by atoms with Gasteiger partial charge < -0.3 is 10.6 Å². The molecule has 2 N–H and O–H groups in total. The highest BCUT2D eigenvalue weighted by Crippen LogP contribution is 2.15. The Balaban J connectivity index is 2.85. The zero-order valence-corrected chi connectivity index (χ0v) is 9.65. The standard InChI is InChI=1S/C11H14N2OS/c1-8(14)7-9-5-3-4-6-10(9)13-11(15)12-2/h3-6H,7H2,1-2H3,(H2,12,13,15). The van der Waals surface area contributed by atoms with Crippen LogP contribution in [-0.4, -0.2) is 17.9 Å². The van der Waals surface area contributed by atoms with E-state index in [0.717, 1.165) is 11.3 Å². The molecular weight excluding hydrogens is 208 g/mol.